The molecule has 2 aliphatic rings. The quantitative estimate of drug-likeness (QED) is 0.830. The van der Waals surface area contributed by atoms with Crippen molar-refractivity contribution in [3.8, 4) is 11.5 Å². The van der Waals surface area contributed by atoms with E-state index in [2.05, 4.69) is 0 Å². The van der Waals surface area contributed by atoms with Crippen LogP contribution >= 0.6 is 0 Å². The zero-order valence-electron chi connectivity index (χ0n) is 14.4. The number of methoxy groups -OCH3 is 1. The predicted octanol–water partition coefficient (Wildman–Crippen LogP) is 1.95. The van der Waals surface area contributed by atoms with E-state index in [9.17, 15) is 8.42 Å². The molecular formula is C19H21NO5S. The number of sulfone groups is 1. The highest BCUT2D eigenvalue weighted by Crippen LogP contribution is 2.64. The van der Waals surface area contributed by atoms with Gasteiger partial charge in [-0.25, -0.2) is 8.42 Å². The minimum Gasteiger partial charge on any atom is -0.454 e. The lowest BCUT2D eigenvalue weighted by molar-refractivity contribution is 0.142. The summed E-state index contributed by atoms with van der Waals surface area (Å²) in [6.45, 7) is 0.672. The Morgan fingerprint density at radius 2 is 1.88 bits per heavy atom. The third-order valence-corrected chi connectivity index (χ3v) is 7.67. The minimum atomic E-state index is -3.55. The molecule has 2 aromatic carbocycles. The molecule has 0 bridgehead atoms. The molecule has 3 unspecified atom stereocenters. The van der Waals surface area contributed by atoms with Crippen LogP contribution in [0.3, 0.4) is 0 Å². The fraction of sp³-hybridized carbons (Fsp3) is 0.368. The predicted molar refractivity (Wildman–Crippen MR) is 96.1 cm³/mol. The molecule has 2 N–H and O–H groups in total. The van der Waals surface area contributed by atoms with Gasteiger partial charge in [0.1, 0.15) is 0 Å². The molecule has 3 atom stereocenters. The standard InChI is InChI=1S/C19H21NO5S/c1-23-11-19(10-20)17(13-7-8-15-16(9-13)25-12-24-15)18(19)26(21,22)14-5-3-2-4-6-14/h2-9,17-18H,10-12,20H2,1H3. The lowest BCUT2D eigenvalue weighted by Crippen LogP contribution is -2.28. The van der Waals surface area contributed by atoms with E-state index >= 15 is 0 Å². The first-order valence-electron chi connectivity index (χ1n) is 8.42. The van der Waals surface area contributed by atoms with Crippen LogP contribution in [0.15, 0.2) is 53.4 Å². The fourth-order valence-corrected chi connectivity index (χ4v) is 6.52. The van der Waals surface area contributed by atoms with Gasteiger partial charge in [0.25, 0.3) is 0 Å². The average Bonchev–Trinajstić information content (AvgIpc) is 3.10. The van der Waals surface area contributed by atoms with Gasteiger partial charge in [-0.15, -0.1) is 0 Å². The number of nitrogens with two attached hydrogens (primary N) is 1. The Morgan fingerprint density at radius 3 is 2.58 bits per heavy atom. The van der Waals surface area contributed by atoms with Gasteiger partial charge in [-0.05, 0) is 29.8 Å². The second-order valence-corrected chi connectivity index (χ2v) is 8.81. The number of ether oxygens (including phenoxy) is 3. The van der Waals surface area contributed by atoms with Crippen LogP contribution in [0, 0.1) is 5.41 Å². The Balaban J connectivity index is 1.77. The van der Waals surface area contributed by atoms with Gasteiger partial charge < -0.3 is 19.9 Å². The first-order valence-corrected chi connectivity index (χ1v) is 9.97. The Kier molecular flexibility index (Phi) is 4.17. The maximum atomic E-state index is 13.3. The zero-order valence-corrected chi connectivity index (χ0v) is 15.2. The molecule has 7 heteroatoms. The van der Waals surface area contributed by atoms with Gasteiger partial charge in [0, 0.05) is 25.0 Å². The Morgan fingerprint density at radius 1 is 1.15 bits per heavy atom. The molecule has 6 nitrogen and oxygen atoms in total. The summed E-state index contributed by atoms with van der Waals surface area (Å²) in [5.41, 5.74) is 6.28. The van der Waals surface area contributed by atoms with Crippen LogP contribution in [-0.4, -0.2) is 40.7 Å². The number of hydrogen-bond acceptors (Lipinski definition) is 6. The first-order chi connectivity index (χ1) is 12.5. The average molecular weight is 375 g/mol. The highest BCUT2D eigenvalue weighted by molar-refractivity contribution is 7.92. The van der Waals surface area contributed by atoms with Crippen LogP contribution in [0.1, 0.15) is 11.5 Å². The molecule has 1 saturated carbocycles. The summed E-state index contributed by atoms with van der Waals surface area (Å²) >= 11 is 0. The van der Waals surface area contributed by atoms with Gasteiger partial charge in [0.2, 0.25) is 6.79 Å². The van der Waals surface area contributed by atoms with Crippen LogP contribution in [0.25, 0.3) is 0 Å². The zero-order chi connectivity index (χ0) is 18.4. The smallest absolute Gasteiger partial charge is 0.231 e. The van der Waals surface area contributed by atoms with E-state index in [1.807, 2.05) is 18.2 Å². The molecule has 0 spiro atoms. The van der Waals surface area contributed by atoms with E-state index < -0.39 is 20.5 Å². The fourth-order valence-electron chi connectivity index (χ4n) is 4.05. The van der Waals surface area contributed by atoms with Gasteiger partial charge in [0.15, 0.2) is 21.3 Å². The van der Waals surface area contributed by atoms with E-state index in [-0.39, 0.29) is 25.9 Å². The summed E-state index contributed by atoms with van der Waals surface area (Å²) in [6, 6.07) is 14.1. The SMILES string of the molecule is COCC1(CN)C(c2ccc3c(c2)OCO3)C1S(=O)(=O)c1ccccc1. The molecule has 4 rings (SSSR count). The van der Waals surface area contributed by atoms with Gasteiger partial charge in [-0.3, -0.25) is 0 Å². The van der Waals surface area contributed by atoms with Gasteiger partial charge in [-0.1, -0.05) is 24.3 Å². The van der Waals surface area contributed by atoms with E-state index in [4.69, 9.17) is 19.9 Å². The van der Waals surface area contributed by atoms with Gasteiger partial charge in [-0.2, -0.15) is 0 Å². The monoisotopic (exact) mass is 375 g/mol. The molecule has 1 aliphatic heterocycles. The largest absolute Gasteiger partial charge is 0.454 e. The van der Waals surface area contributed by atoms with Crippen molar-refractivity contribution in [3.05, 3.63) is 54.1 Å². The lowest BCUT2D eigenvalue weighted by Gasteiger charge is -2.15. The summed E-state index contributed by atoms with van der Waals surface area (Å²) < 4.78 is 42.8. The summed E-state index contributed by atoms with van der Waals surface area (Å²) in [5.74, 6) is 1.04. The minimum absolute atomic E-state index is 0.176. The molecule has 1 aliphatic carbocycles. The number of fused-ring (bicyclic) bond motifs is 1. The lowest BCUT2D eigenvalue weighted by atomic mass is 9.99. The summed E-state index contributed by atoms with van der Waals surface area (Å²) in [7, 11) is -1.98. The highest BCUT2D eigenvalue weighted by atomic mass is 32.2. The number of benzene rings is 2. The van der Waals surface area contributed by atoms with E-state index in [1.165, 1.54) is 0 Å². The molecule has 0 aromatic heterocycles. The van der Waals surface area contributed by atoms with Crippen molar-refractivity contribution >= 4 is 9.84 Å². The molecule has 0 saturated heterocycles. The highest BCUT2D eigenvalue weighted by Gasteiger charge is 2.70. The summed E-state index contributed by atoms with van der Waals surface area (Å²) in [4.78, 5) is 0.308. The molecule has 1 heterocycles. The topological polar surface area (TPSA) is 87.8 Å². The van der Waals surface area contributed by atoms with Crippen molar-refractivity contribution in [3.63, 3.8) is 0 Å². The Labute approximate surface area is 152 Å². The third kappa shape index (κ3) is 2.50. The molecule has 138 valence electrons. The number of hydrogen-bond donors (Lipinski definition) is 1. The van der Waals surface area contributed by atoms with Gasteiger partial charge in [0.05, 0.1) is 16.8 Å². The van der Waals surface area contributed by atoms with Crippen molar-refractivity contribution in [2.24, 2.45) is 11.1 Å². The molecular weight excluding hydrogens is 354 g/mol. The third-order valence-electron chi connectivity index (χ3n) is 5.33. The van der Waals surface area contributed by atoms with Crippen LogP contribution in [0.4, 0.5) is 0 Å². The molecule has 2 aromatic rings. The van der Waals surface area contributed by atoms with E-state index in [0.717, 1.165) is 5.56 Å². The van der Waals surface area contributed by atoms with Crippen molar-refractivity contribution in [2.75, 3.05) is 27.1 Å². The molecule has 0 amide bonds. The molecule has 26 heavy (non-hydrogen) atoms. The van der Waals surface area contributed by atoms with E-state index in [1.54, 1.807) is 37.4 Å². The molecule has 0 radical (unpaired) electrons. The van der Waals surface area contributed by atoms with Crippen molar-refractivity contribution < 1.29 is 22.6 Å². The van der Waals surface area contributed by atoms with Crippen molar-refractivity contribution in [2.45, 2.75) is 16.1 Å². The Hall–Kier alpha value is -2.09. The first kappa shape index (κ1) is 17.3. The molecule has 1 fully saturated rings. The van der Waals surface area contributed by atoms with Crippen LogP contribution in [0.2, 0.25) is 0 Å². The maximum Gasteiger partial charge on any atom is 0.231 e. The normalized spacial score (nSPS) is 26.7. The maximum absolute atomic E-state index is 13.3. The Bertz CT molecular complexity index is 915. The summed E-state index contributed by atoms with van der Waals surface area (Å²) in [6.07, 6.45) is 0. The van der Waals surface area contributed by atoms with Crippen LogP contribution < -0.4 is 15.2 Å². The second kappa shape index (κ2) is 6.26. The number of rotatable bonds is 6. The van der Waals surface area contributed by atoms with Gasteiger partial charge >= 0.3 is 0 Å². The van der Waals surface area contributed by atoms with Crippen LogP contribution in [-0.2, 0) is 14.6 Å². The van der Waals surface area contributed by atoms with Crippen molar-refractivity contribution in [1.29, 1.82) is 0 Å². The van der Waals surface area contributed by atoms with Crippen molar-refractivity contribution in [1.82, 2.24) is 0 Å². The van der Waals surface area contributed by atoms with E-state index in [0.29, 0.717) is 16.4 Å². The second-order valence-electron chi connectivity index (χ2n) is 6.74. The van der Waals surface area contributed by atoms with Crippen LogP contribution in [0.5, 0.6) is 11.5 Å². The summed E-state index contributed by atoms with van der Waals surface area (Å²) in [5, 5.41) is -0.636.